The molecule has 2 heterocycles. The van der Waals surface area contributed by atoms with Crippen molar-refractivity contribution in [2.75, 3.05) is 24.6 Å². The number of nitrogens with zero attached hydrogens (tertiary/aromatic N) is 4. The fourth-order valence-electron chi connectivity index (χ4n) is 1.95. The number of hydrogen-bond donors (Lipinski definition) is 0. The van der Waals surface area contributed by atoms with E-state index in [4.69, 9.17) is 10.00 Å². The molecule has 0 bridgehead atoms. The van der Waals surface area contributed by atoms with Crippen LogP contribution in [0.1, 0.15) is 26.0 Å². The lowest BCUT2D eigenvalue weighted by Crippen LogP contribution is -2.24. The summed E-state index contributed by atoms with van der Waals surface area (Å²) >= 11 is 0. The van der Waals surface area contributed by atoms with Gasteiger partial charge in [0.15, 0.2) is 11.5 Å². The van der Waals surface area contributed by atoms with Crippen molar-refractivity contribution in [3.63, 3.8) is 0 Å². The van der Waals surface area contributed by atoms with E-state index in [0.29, 0.717) is 11.6 Å². The molecule has 0 radical (unpaired) electrons. The minimum Gasteiger partial charge on any atom is -0.376 e. The number of ether oxygens (including phenoxy) is 1. The second kappa shape index (κ2) is 5.78. The highest BCUT2D eigenvalue weighted by atomic mass is 16.5. The van der Waals surface area contributed by atoms with Crippen molar-refractivity contribution in [1.29, 1.82) is 5.26 Å². The molecule has 1 aliphatic heterocycles. The predicted octanol–water partition coefficient (Wildman–Crippen LogP) is 1.60. The van der Waals surface area contributed by atoms with E-state index in [1.165, 1.54) is 0 Å². The molecule has 96 valence electrons. The first-order valence-electron chi connectivity index (χ1n) is 6.29. The van der Waals surface area contributed by atoms with E-state index in [-0.39, 0.29) is 6.10 Å². The van der Waals surface area contributed by atoms with Crippen LogP contribution in [-0.2, 0) is 4.74 Å². The molecule has 1 unspecified atom stereocenters. The van der Waals surface area contributed by atoms with Crippen molar-refractivity contribution in [1.82, 2.24) is 10.2 Å². The summed E-state index contributed by atoms with van der Waals surface area (Å²) in [6.45, 7) is 6.89. The van der Waals surface area contributed by atoms with E-state index in [0.717, 1.165) is 31.9 Å². The summed E-state index contributed by atoms with van der Waals surface area (Å²) in [5, 5.41) is 16.6. The first-order valence-corrected chi connectivity index (χ1v) is 6.29. The summed E-state index contributed by atoms with van der Waals surface area (Å²) in [6, 6.07) is 5.51. The zero-order chi connectivity index (χ0) is 13.0. The van der Waals surface area contributed by atoms with E-state index in [2.05, 4.69) is 28.9 Å². The van der Waals surface area contributed by atoms with Crippen LogP contribution in [0.2, 0.25) is 0 Å². The third-order valence-electron chi connectivity index (χ3n) is 2.90. The molecule has 2 rings (SSSR count). The van der Waals surface area contributed by atoms with Crippen molar-refractivity contribution in [2.45, 2.75) is 26.4 Å². The maximum atomic E-state index is 8.67. The Kier molecular flexibility index (Phi) is 4.11. The molecule has 1 aromatic rings. The number of anilines is 1. The van der Waals surface area contributed by atoms with Crippen LogP contribution in [0.15, 0.2) is 12.1 Å². The Morgan fingerprint density at radius 1 is 1.50 bits per heavy atom. The standard InChI is InChI=1S/C13H18N4O/c1-10(2)9-18-12-5-6-17(8-12)13-4-3-11(7-14)15-16-13/h3-4,10,12H,5-6,8-9H2,1-2H3. The van der Waals surface area contributed by atoms with Gasteiger partial charge in [-0.2, -0.15) is 5.26 Å². The summed E-state index contributed by atoms with van der Waals surface area (Å²) < 4.78 is 5.82. The van der Waals surface area contributed by atoms with Gasteiger partial charge in [-0.1, -0.05) is 13.8 Å². The van der Waals surface area contributed by atoms with Crippen LogP contribution in [0.5, 0.6) is 0 Å². The van der Waals surface area contributed by atoms with E-state index in [1.54, 1.807) is 6.07 Å². The molecule has 1 aliphatic rings. The van der Waals surface area contributed by atoms with Gasteiger partial charge in [-0.25, -0.2) is 0 Å². The van der Waals surface area contributed by atoms with Crippen molar-refractivity contribution >= 4 is 5.82 Å². The van der Waals surface area contributed by atoms with Crippen molar-refractivity contribution in [2.24, 2.45) is 5.92 Å². The van der Waals surface area contributed by atoms with Gasteiger partial charge in [0.05, 0.1) is 6.10 Å². The maximum Gasteiger partial charge on any atom is 0.163 e. The summed E-state index contributed by atoms with van der Waals surface area (Å²) in [7, 11) is 0. The van der Waals surface area contributed by atoms with Gasteiger partial charge >= 0.3 is 0 Å². The van der Waals surface area contributed by atoms with Crippen LogP contribution in [0, 0.1) is 17.2 Å². The minimum absolute atomic E-state index is 0.282. The maximum absolute atomic E-state index is 8.67. The summed E-state index contributed by atoms with van der Waals surface area (Å²) in [5.41, 5.74) is 0.352. The second-order valence-electron chi connectivity index (χ2n) is 4.97. The summed E-state index contributed by atoms with van der Waals surface area (Å²) in [5.74, 6) is 1.39. The fourth-order valence-corrected chi connectivity index (χ4v) is 1.95. The van der Waals surface area contributed by atoms with Gasteiger partial charge in [-0.05, 0) is 24.5 Å². The van der Waals surface area contributed by atoms with Crippen molar-refractivity contribution in [3.05, 3.63) is 17.8 Å². The Hall–Kier alpha value is -1.67. The molecule has 0 saturated carbocycles. The molecule has 18 heavy (non-hydrogen) atoms. The number of hydrogen-bond acceptors (Lipinski definition) is 5. The molecular weight excluding hydrogens is 228 g/mol. The number of nitriles is 1. The van der Waals surface area contributed by atoms with Gasteiger partial charge in [0.2, 0.25) is 0 Å². The molecule has 0 aromatic carbocycles. The van der Waals surface area contributed by atoms with Gasteiger partial charge in [-0.3, -0.25) is 0 Å². The van der Waals surface area contributed by atoms with Crippen LogP contribution >= 0.6 is 0 Å². The lowest BCUT2D eigenvalue weighted by Gasteiger charge is -2.17. The van der Waals surface area contributed by atoms with Gasteiger partial charge in [0.25, 0.3) is 0 Å². The largest absolute Gasteiger partial charge is 0.376 e. The quantitative estimate of drug-likeness (QED) is 0.807. The van der Waals surface area contributed by atoms with Crippen LogP contribution in [0.4, 0.5) is 5.82 Å². The molecule has 5 nitrogen and oxygen atoms in total. The van der Waals surface area contributed by atoms with Crippen molar-refractivity contribution in [3.8, 4) is 6.07 Å². The lowest BCUT2D eigenvalue weighted by molar-refractivity contribution is 0.0497. The molecule has 0 N–H and O–H groups in total. The Labute approximate surface area is 107 Å². The normalized spacial score (nSPS) is 19.2. The Morgan fingerprint density at radius 3 is 2.94 bits per heavy atom. The zero-order valence-electron chi connectivity index (χ0n) is 10.8. The molecule has 1 atom stereocenters. The minimum atomic E-state index is 0.282. The van der Waals surface area contributed by atoms with Crippen LogP contribution in [0.25, 0.3) is 0 Å². The highest BCUT2D eigenvalue weighted by Crippen LogP contribution is 2.19. The number of aromatic nitrogens is 2. The molecule has 1 aromatic heterocycles. The fraction of sp³-hybridized carbons (Fsp3) is 0.615. The Bertz CT molecular complexity index is 424. The van der Waals surface area contributed by atoms with Crippen LogP contribution in [-0.4, -0.2) is 36.0 Å². The highest BCUT2D eigenvalue weighted by Gasteiger charge is 2.24. The van der Waals surface area contributed by atoms with E-state index >= 15 is 0 Å². The molecule has 5 heteroatoms. The summed E-state index contributed by atoms with van der Waals surface area (Å²) in [4.78, 5) is 2.15. The molecule has 0 aliphatic carbocycles. The number of rotatable bonds is 4. The topological polar surface area (TPSA) is 62.0 Å². The first kappa shape index (κ1) is 12.8. The molecule has 0 spiro atoms. The first-order chi connectivity index (χ1) is 8.69. The van der Waals surface area contributed by atoms with Gasteiger partial charge in [0, 0.05) is 19.7 Å². The smallest absolute Gasteiger partial charge is 0.163 e. The van der Waals surface area contributed by atoms with E-state index in [1.807, 2.05) is 12.1 Å². The van der Waals surface area contributed by atoms with E-state index in [9.17, 15) is 0 Å². The highest BCUT2D eigenvalue weighted by molar-refractivity contribution is 5.40. The van der Waals surface area contributed by atoms with Crippen LogP contribution in [0.3, 0.4) is 0 Å². The predicted molar refractivity (Wildman–Crippen MR) is 68.2 cm³/mol. The zero-order valence-corrected chi connectivity index (χ0v) is 10.8. The third kappa shape index (κ3) is 3.17. The molecule has 0 amide bonds. The van der Waals surface area contributed by atoms with E-state index < -0.39 is 0 Å². The van der Waals surface area contributed by atoms with Gasteiger partial charge in [0.1, 0.15) is 6.07 Å². The van der Waals surface area contributed by atoms with Gasteiger partial charge in [-0.15, -0.1) is 10.2 Å². The molecular formula is C13H18N4O. The van der Waals surface area contributed by atoms with Gasteiger partial charge < -0.3 is 9.64 Å². The lowest BCUT2D eigenvalue weighted by atomic mass is 10.2. The Morgan fingerprint density at radius 2 is 2.33 bits per heavy atom. The second-order valence-corrected chi connectivity index (χ2v) is 4.97. The third-order valence-corrected chi connectivity index (χ3v) is 2.90. The molecule has 1 fully saturated rings. The summed E-state index contributed by atoms with van der Waals surface area (Å²) in [6.07, 6.45) is 1.30. The van der Waals surface area contributed by atoms with Crippen LogP contribution < -0.4 is 4.90 Å². The monoisotopic (exact) mass is 246 g/mol. The Balaban J connectivity index is 1.90. The van der Waals surface area contributed by atoms with Crippen molar-refractivity contribution < 1.29 is 4.74 Å². The average molecular weight is 246 g/mol. The molecule has 1 saturated heterocycles. The average Bonchev–Trinajstić information content (AvgIpc) is 2.85. The SMILES string of the molecule is CC(C)COC1CCN(c2ccc(C#N)nn2)C1.